The van der Waals surface area contributed by atoms with Crippen molar-refractivity contribution < 1.29 is 14.2 Å². The van der Waals surface area contributed by atoms with Gasteiger partial charge in [-0.3, -0.25) is 9.88 Å². The van der Waals surface area contributed by atoms with E-state index in [1.165, 1.54) is 7.11 Å². The Hall–Kier alpha value is -1.83. The van der Waals surface area contributed by atoms with Gasteiger partial charge in [0.1, 0.15) is 6.17 Å². The number of β-amino-alcohol motifs (C(OH)–C–C–N with tert-alkyl or cyclic N) is 1. The van der Waals surface area contributed by atoms with E-state index in [9.17, 15) is 9.50 Å². The van der Waals surface area contributed by atoms with Gasteiger partial charge in [-0.25, -0.2) is 9.37 Å². The van der Waals surface area contributed by atoms with Crippen LogP contribution < -0.4 is 10.5 Å². The van der Waals surface area contributed by atoms with Crippen LogP contribution in [0.1, 0.15) is 25.1 Å². The fourth-order valence-electron chi connectivity index (χ4n) is 2.99. The molecule has 1 fully saturated rings. The zero-order valence-electron chi connectivity index (χ0n) is 13.9. The standard InChI is InChI=1S/C17H23FN4O2/c1-17(19)6-8-22(10-14(17)23)9-12(18)11-5-7-20-13-3-4-15(24-2)21-16(11)13/h3-5,7,12,14,23H,6,8-10,19H2,1-2H3. The molecule has 24 heavy (non-hydrogen) atoms. The lowest BCUT2D eigenvalue weighted by Crippen LogP contribution is -2.59. The molecule has 3 unspecified atom stereocenters. The van der Waals surface area contributed by atoms with E-state index in [1.54, 1.807) is 24.4 Å². The molecule has 0 aromatic carbocycles. The number of hydrogen-bond donors (Lipinski definition) is 2. The number of ether oxygens (including phenoxy) is 1. The summed E-state index contributed by atoms with van der Waals surface area (Å²) in [5, 5.41) is 10.1. The van der Waals surface area contributed by atoms with Crippen molar-refractivity contribution in [2.45, 2.75) is 31.2 Å². The van der Waals surface area contributed by atoms with Gasteiger partial charge in [0.25, 0.3) is 0 Å². The van der Waals surface area contributed by atoms with Crippen LogP contribution in [0.15, 0.2) is 24.4 Å². The first kappa shape index (κ1) is 17.0. The molecule has 0 bridgehead atoms. The minimum atomic E-state index is -1.23. The zero-order valence-corrected chi connectivity index (χ0v) is 13.9. The van der Waals surface area contributed by atoms with Crippen LogP contribution in [0.4, 0.5) is 4.39 Å². The number of aliphatic hydroxyl groups excluding tert-OH is 1. The number of likely N-dealkylation sites (tertiary alicyclic amines) is 1. The van der Waals surface area contributed by atoms with Gasteiger partial charge in [-0.05, 0) is 25.5 Å². The van der Waals surface area contributed by atoms with Crippen LogP contribution in [0.3, 0.4) is 0 Å². The smallest absolute Gasteiger partial charge is 0.213 e. The maximum absolute atomic E-state index is 14.9. The second-order valence-corrected chi connectivity index (χ2v) is 6.62. The predicted octanol–water partition coefficient (Wildman–Crippen LogP) is 1.43. The summed E-state index contributed by atoms with van der Waals surface area (Å²) in [4.78, 5) is 10.5. The molecular formula is C17H23FN4O2. The second kappa shape index (κ2) is 6.58. The lowest BCUT2D eigenvalue weighted by molar-refractivity contribution is 0.00380. The fraction of sp³-hybridized carbons (Fsp3) is 0.529. The van der Waals surface area contributed by atoms with Crippen molar-refractivity contribution in [2.75, 3.05) is 26.7 Å². The van der Waals surface area contributed by atoms with Crippen molar-refractivity contribution in [2.24, 2.45) is 5.73 Å². The monoisotopic (exact) mass is 334 g/mol. The van der Waals surface area contributed by atoms with Gasteiger partial charge in [-0.15, -0.1) is 0 Å². The van der Waals surface area contributed by atoms with E-state index in [0.29, 0.717) is 42.0 Å². The Morgan fingerprint density at radius 3 is 3.00 bits per heavy atom. The Kier molecular flexibility index (Phi) is 4.67. The number of hydrogen-bond acceptors (Lipinski definition) is 6. The van der Waals surface area contributed by atoms with E-state index >= 15 is 0 Å². The van der Waals surface area contributed by atoms with E-state index in [4.69, 9.17) is 10.5 Å². The molecule has 0 radical (unpaired) electrons. The summed E-state index contributed by atoms with van der Waals surface area (Å²) in [6.45, 7) is 3.04. The highest BCUT2D eigenvalue weighted by Gasteiger charge is 2.35. The molecule has 2 aromatic rings. The van der Waals surface area contributed by atoms with Crippen LogP contribution in [0, 0.1) is 0 Å². The molecule has 0 aliphatic carbocycles. The number of aliphatic hydroxyl groups is 1. The van der Waals surface area contributed by atoms with Crippen molar-refractivity contribution in [1.29, 1.82) is 0 Å². The molecule has 0 spiro atoms. The van der Waals surface area contributed by atoms with Crippen LogP contribution in [0.5, 0.6) is 5.88 Å². The summed E-state index contributed by atoms with van der Waals surface area (Å²) >= 11 is 0. The summed E-state index contributed by atoms with van der Waals surface area (Å²) in [6, 6.07) is 5.12. The molecule has 7 heteroatoms. The highest BCUT2D eigenvalue weighted by Crippen LogP contribution is 2.28. The average molecular weight is 334 g/mol. The summed E-state index contributed by atoms with van der Waals surface area (Å²) in [6.07, 6.45) is 0.320. The molecule has 3 heterocycles. The number of piperidine rings is 1. The van der Waals surface area contributed by atoms with Crippen molar-refractivity contribution >= 4 is 11.0 Å². The number of alkyl halides is 1. The van der Waals surface area contributed by atoms with Gasteiger partial charge >= 0.3 is 0 Å². The Bertz CT molecular complexity index is 725. The van der Waals surface area contributed by atoms with E-state index < -0.39 is 17.8 Å². The van der Waals surface area contributed by atoms with Crippen molar-refractivity contribution in [3.05, 3.63) is 30.0 Å². The van der Waals surface area contributed by atoms with Crippen molar-refractivity contribution in [1.82, 2.24) is 14.9 Å². The molecule has 3 N–H and O–H groups in total. The van der Waals surface area contributed by atoms with Gasteiger partial charge in [0.05, 0.1) is 24.2 Å². The topological polar surface area (TPSA) is 84.5 Å². The minimum absolute atomic E-state index is 0.186. The molecule has 3 atom stereocenters. The highest BCUT2D eigenvalue weighted by atomic mass is 19.1. The summed E-state index contributed by atoms with van der Waals surface area (Å²) < 4.78 is 20.1. The van der Waals surface area contributed by atoms with E-state index in [-0.39, 0.29) is 6.54 Å². The van der Waals surface area contributed by atoms with Gasteiger partial charge in [-0.2, -0.15) is 0 Å². The third kappa shape index (κ3) is 3.33. The van der Waals surface area contributed by atoms with Crippen molar-refractivity contribution in [3.63, 3.8) is 0 Å². The predicted molar refractivity (Wildman–Crippen MR) is 89.6 cm³/mol. The third-order valence-electron chi connectivity index (χ3n) is 4.71. The molecule has 0 saturated carbocycles. The third-order valence-corrected chi connectivity index (χ3v) is 4.71. The fourth-order valence-corrected chi connectivity index (χ4v) is 2.99. The Morgan fingerprint density at radius 1 is 1.50 bits per heavy atom. The van der Waals surface area contributed by atoms with Crippen LogP contribution in [-0.2, 0) is 0 Å². The average Bonchev–Trinajstić information content (AvgIpc) is 2.57. The molecule has 0 amide bonds. The number of aromatic nitrogens is 2. The molecule has 6 nitrogen and oxygen atoms in total. The van der Waals surface area contributed by atoms with E-state index in [2.05, 4.69) is 9.97 Å². The minimum Gasteiger partial charge on any atom is -0.481 e. The molecule has 1 aliphatic heterocycles. The van der Waals surface area contributed by atoms with E-state index in [0.717, 1.165) is 0 Å². The SMILES string of the molecule is COc1ccc2nccc(C(F)CN3CCC(C)(N)C(O)C3)c2n1. The Labute approximate surface area is 140 Å². The summed E-state index contributed by atoms with van der Waals surface area (Å²) in [7, 11) is 1.52. The molecule has 130 valence electrons. The van der Waals surface area contributed by atoms with Gasteiger partial charge < -0.3 is 15.6 Å². The van der Waals surface area contributed by atoms with Crippen LogP contribution in [-0.4, -0.2) is 58.4 Å². The second-order valence-electron chi connectivity index (χ2n) is 6.62. The van der Waals surface area contributed by atoms with Crippen molar-refractivity contribution in [3.8, 4) is 5.88 Å². The highest BCUT2D eigenvalue weighted by molar-refractivity contribution is 5.78. The molecular weight excluding hydrogens is 311 g/mol. The number of pyridine rings is 2. The number of nitrogens with zero attached hydrogens (tertiary/aromatic N) is 3. The first-order valence-corrected chi connectivity index (χ1v) is 8.04. The first-order chi connectivity index (χ1) is 11.4. The van der Waals surface area contributed by atoms with Crippen LogP contribution >= 0.6 is 0 Å². The summed E-state index contributed by atoms with van der Waals surface area (Å²) in [5.41, 5.74) is 7.03. The van der Waals surface area contributed by atoms with Gasteiger partial charge in [0.15, 0.2) is 0 Å². The van der Waals surface area contributed by atoms with Gasteiger partial charge in [0, 0.05) is 43.0 Å². The Balaban J connectivity index is 1.80. The van der Waals surface area contributed by atoms with Crippen LogP contribution in [0.2, 0.25) is 0 Å². The molecule has 2 aromatic heterocycles. The van der Waals surface area contributed by atoms with Crippen LogP contribution in [0.25, 0.3) is 11.0 Å². The number of fused-ring (bicyclic) bond motifs is 1. The Morgan fingerprint density at radius 2 is 2.29 bits per heavy atom. The number of nitrogens with two attached hydrogens (primary N) is 1. The lowest BCUT2D eigenvalue weighted by atomic mass is 9.88. The maximum Gasteiger partial charge on any atom is 0.213 e. The van der Waals surface area contributed by atoms with E-state index in [1.807, 2.05) is 11.8 Å². The quantitative estimate of drug-likeness (QED) is 0.880. The number of rotatable bonds is 4. The molecule has 1 saturated heterocycles. The maximum atomic E-state index is 14.9. The molecule has 3 rings (SSSR count). The van der Waals surface area contributed by atoms with Gasteiger partial charge in [-0.1, -0.05) is 0 Å². The number of halogens is 1. The summed E-state index contributed by atoms with van der Waals surface area (Å²) in [5.74, 6) is 0.427. The number of methoxy groups -OCH3 is 1. The normalized spacial score (nSPS) is 26.5. The lowest BCUT2D eigenvalue weighted by Gasteiger charge is -2.41. The zero-order chi connectivity index (χ0) is 17.3. The van der Waals surface area contributed by atoms with Gasteiger partial charge in [0.2, 0.25) is 5.88 Å². The molecule has 1 aliphatic rings. The first-order valence-electron chi connectivity index (χ1n) is 8.04. The largest absolute Gasteiger partial charge is 0.481 e.